The third kappa shape index (κ3) is 5.68. The van der Waals surface area contributed by atoms with Gasteiger partial charge in [-0.3, -0.25) is 0 Å². The van der Waals surface area contributed by atoms with Crippen molar-refractivity contribution in [3.8, 4) is 62.1 Å². The van der Waals surface area contributed by atoms with Crippen molar-refractivity contribution in [1.29, 1.82) is 0 Å². The molecule has 298 valence electrons. The molecule has 5 nitrogen and oxygen atoms in total. The molecule has 0 aliphatic rings. The average Bonchev–Trinajstić information content (AvgIpc) is 3.93. The zero-order valence-corrected chi connectivity index (χ0v) is 34.5. The molecule has 0 aliphatic carbocycles. The van der Waals surface area contributed by atoms with Crippen LogP contribution in [0.5, 0.6) is 0 Å². The lowest BCUT2D eigenvalue weighted by Crippen LogP contribution is -2.01. The number of para-hydroxylation sites is 2. The van der Waals surface area contributed by atoms with E-state index in [1.54, 1.807) is 0 Å². The van der Waals surface area contributed by atoms with Crippen LogP contribution in [0.1, 0.15) is 0 Å². The summed E-state index contributed by atoms with van der Waals surface area (Å²) in [6.45, 7) is 0. The van der Waals surface area contributed by atoms with E-state index < -0.39 is 0 Å². The molecule has 64 heavy (non-hydrogen) atoms. The summed E-state index contributed by atoms with van der Waals surface area (Å²) in [5.74, 6) is 1.70. The first-order valence-corrected chi connectivity index (χ1v) is 21.6. The lowest BCUT2D eigenvalue weighted by molar-refractivity contribution is 0.670. The van der Waals surface area contributed by atoms with Crippen molar-refractivity contribution < 1.29 is 4.42 Å². The minimum atomic E-state index is 0.541. The molecule has 0 bridgehead atoms. The Labute approximate surface area is 368 Å². The van der Waals surface area contributed by atoms with E-state index in [0.29, 0.717) is 17.5 Å². The van der Waals surface area contributed by atoms with Gasteiger partial charge in [-0.1, -0.05) is 164 Å². The maximum Gasteiger partial charge on any atom is 0.167 e. The van der Waals surface area contributed by atoms with Crippen LogP contribution in [0.15, 0.2) is 223 Å². The number of hydrogen-bond acceptors (Lipinski definition) is 4. The number of rotatable bonds is 6. The summed E-state index contributed by atoms with van der Waals surface area (Å²) < 4.78 is 9.29. The van der Waals surface area contributed by atoms with Crippen LogP contribution in [0, 0.1) is 0 Å². The molecule has 3 aromatic heterocycles. The summed E-state index contributed by atoms with van der Waals surface area (Å²) in [5, 5.41) is 8.94. The highest BCUT2D eigenvalue weighted by molar-refractivity contribution is 6.25. The number of hydrogen-bond donors (Lipinski definition) is 0. The van der Waals surface area contributed by atoms with E-state index in [9.17, 15) is 0 Å². The Balaban J connectivity index is 1.06. The van der Waals surface area contributed by atoms with Crippen LogP contribution in [-0.2, 0) is 0 Å². The molecule has 0 saturated carbocycles. The van der Waals surface area contributed by atoms with Crippen molar-refractivity contribution in [3.05, 3.63) is 218 Å². The minimum Gasteiger partial charge on any atom is -0.455 e. The van der Waals surface area contributed by atoms with Gasteiger partial charge in [0.05, 0.1) is 16.6 Å². The van der Waals surface area contributed by atoms with E-state index in [1.807, 2.05) is 0 Å². The molecule has 0 unspecified atom stereocenters. The molecule has 0 amide bonds. The molecule has 10 aromatic carbocycles. The van der Waals surface area contributed by atoms with Crippen LogP contribution in [0.25, 0.3) is 127 Å². The Bertz CT molecular complexity index is 3890. The van der Waals surface area contributed by atoms with Gasteiger partial charge in [0, 0.05) is 38.4 Å². The summed E-state index contributed by atoms with van der Waals surface area (Å²) >= 11 is 0. The molecular formula is C59H36N4O. The van der Waals surface area contributed by atoms with Crippen LogP contribution in [0.3, 0.4) is 0 Å². The first-order valence-electron chi connectivity index (χ1n) is 21.6. The van der Waals surface area contributed by atoms with Crippen LogP contribution >= 0.6 is 0 Å². The van der Waals surface area contributed by atoms with E-state index in [4.69, 9.17) is 19.4 Å². The van der Waals surface area contributed by atoms with Crippen LogP contribution in [0.4, 0.5) is 0 Å². The average molecular weight is 817 g/mol. The lowest BCUT2D eigenvalue weighted by atomic mass is 9.94. The highest BCUT2D eigenvalue weighted by Gasteiger charge is 2.23. The first kappa shape index (κ1) is 36.0. The Kier molecular flexibility index (Phi) is 8.15. The number of fused-ring (bicyclic) bond motifs is 9. The Morgan fingerprint density at radius 1 is 0.328 bits per heavy atom. The molecule has 13 aromatic rings. The van der Waals surface area contributed by atoms with Gasteiger partial charge in [0.1, 0.15) is 11.2 Å². The van der Waals surface area contributed by atoms with Gasteiger partial charge in [0.25, 0.3) is 0 Å². The van der Waals surface area contributed by atoms with Gasteiger partial charge >= 0.3 is 0 Å². The summed E-state index contributed by atoms with van der Waals surface area (Å²) in [6, 6.07) is 76.7. The van der Waals surface area contributed by atoms with Crippen molar-refractivity contribution >= 4 is 65.3 Å². The predicted octanol–water partition coefficient (Wildman–Crippen LogP) is 15.5. The van der Waals surface area contributed by atoms with Gasteiger partial charge in [0.2, 0.25) is 0 Å². The highest BCUT2D eigenvalue weighted by atomic mass is 16.3. The van der Waals surface area contributed by atoms with Crippen molar-refractivity contribution in [2.45, 2.75) is 0 Å². The van der Waals surface area contributed by atoms with Gasteiger partial charge in [-0.2, -0.15) is 0 Å². The Morgan fingerprint density at radius 3 is 1.55 bits per heavy atom. The maximum atomic E-state index is 6.96. The second kappa shape index (κ2) is 14.5. The first-order chi connectivity index (χ1) is 31.7. The fraction of sp³-hybridized carbons (Fsp3) is 0. The Morgan fingerprint density at radius 2 is 0.859 bits per heavy atom. The molecule has 0 aliphatic heterocycles. The predicted molar refractivity (Wildman–Crippen MR) is 264 cm³/mol. The molecular weight excluding hydrogens is 781 g/mol. The van der Waals surface area contributed by atoms with Gasteiger partial charge in [-0.25, -0.2) is 15.0 Å². The third-order valence-corrected chi connectivity index (χ3v) is 12.7. The molecule has 0 spiro atoms. The van der Waals surface area contributed by atoms with E-state index in [2.05, 4.69) is 223 Å². The van der Waals surface area contributed by atoms with Gasteiger partial charge in [-0.05, 0) is 98.4 Å². The summed E-state index contributed by atoms with van der Waals surface area (Å²) in [6.07, 6.45) is 0. The third-order valence-electron chi connectivity index (χ3n) is 12.7. The van der Waals surface area contributed by atoms with Crippen molar-refractivity contribution in [2.75, 3.05) is 0 Å². The normalized spacial score (nSPS) is 11.8. The van der Waals surface area contributed by atoms with E-state index in [0.717, 1.165) is 99.1 Å². The Hall–Kier alpha value is -8.67. The molecule has 0 atom stereocenters. The molecule has 5 heteroatoms. The minimum absolute atomic E-state index is 0.541. The molecule has 0 N–H and O–H groups in total. The van der Waals surface area contributed by atoms with E-state index in [-0.39, 0.29) is 0 Å². The van der Waals surface area contributed by atoms with E-state index >= 15 is 0 Å². The van der Waals surface area contributed by atoms with Crippen LogP contribution < -0.4 is 0 Å². The van der Waals surface area contributed by atoms with E-state index in [1.165, 1.54) is 10.8 Å². The quantitative estimate of drug-likeness (QED) is 0.168. The molecule has 0 radical (unpaired) electrons. The standard InChI is InChI=1S/C59H36N4O/c1-3-16-37(17-4-1)42-34-35-49(46-23-10-9-22-45(42)46)58-60-57(39-30-32-41(33-31-39)63-51-27-13-11-24-47(51)48-25-12-14-28-52(48)63)61-59(62-58)50-36-40-20-7-8-21-44(40)55-54-43(38-18-5-2-6-19-38)26-15-29-53(54)64-56(50)55/h1-36H. The lowest BCUT2D eigenvalue weighted by Gasteiger charge is -2.14. The SMILES string of the molecule is c1ccc(-c2ccc(-c3nc(-c4ccc(-n5c6ccccc6c6ccccc65)cc4)nc(-c4cc5ccccc5c5c4oc4cccc(-c6ccccc6)c45)n3)c3ccccc23)cc1. The monoisotopic (exact) mass is 816 g/mol. The fourth-order valence-electron chi connectivity index (χ4n) is 9.76. The zero-order valence-electron chi connectivity index (χ0n) is 34.5. The van der Waals surface area contributed by atoms with Crippen LogP contribution in [-0.4, -0.2) is 19.5 Å². The number of nitrogens with zero attached hydrogens (tertiary/aromatic N) is 4. The zero-order chi connectivity index (χ0) is 42.1. The second-order valence-electron chi connectivity index (χ2n) is 16.3. The van der Waals surface area contributed by atoms with Gasteiger partial charge < -0.3 is 8.98 Å². The van der Waals surface area contributed by atoms with Gasteiger partial charge in [0.15, 0.2) is 17.5 Å². The number of benzene rings is 10. The highest BCUT2D eigenvalue weighted by Crippen LogP contribution is 2.45. The molecule has 0 fully saturated rings. The largest absolute Gasteiger partial charge is 0.455 e. The summed E-state index contributed by atoms with van der Waals surface area (Å²) in [5.41, 5.74) is 12.1. The van der Waals surface area contributed by atoms with Crippen LogP contribution in [0.2, 0.25) is 0 Å². The van der Waals surface area contributed by atoms with Gasteiger partial charge in [-0.15, -0.1) is 0 Å². The maximum absolute atomic E-state index is 6.96. The fourth-order valence-corrected chi connectivity index (χ4v) is 9.76. The topological polar surface area (TPSA) is 56.7 Å². The molecule has 0 saturated heterocycles. The van der Waals surface area contributed by atoms with Crippen molar-refractivity contribution in [2.24, 2.45) is 0 Å². The summed E-state index contributed by atoms with van der Waals surface area (Å²) in [4.78, 5) is 16.1. The smallest absolute Gasteiger partial charge is 0.167 e. The molecule has 13 rings (SSSR count). The van der Waals surface area contributed by atoms with Crippen molar-refractivity contribution in [3.63, 3.8) is 0 Å². The summed E-state index contributed by atoms with van der Waals surface area (Å²) in [7, 11) is 0. The molecule has 3 heterocycles. The van der Waals surface area contributed by atoms with Crippen molar-refractivity contribution in [1.82, 2.24) is 19.5 Å². The second-order valence-corrected chi connectivity index (χ2v) is 16.3. The number of furan rings is 1. The number of aromatic nitrogens is 4.